The Kier molecular flexibility index (Phi) is 42.5. The molecule has 0 aliphatic carbocycles. The molecule has 0 rings (SSSR count). The second kappa shape index (κ2) is 44.9. The van der Waals surface area contributed by atoms with Crippen molar-refractivity contribution in [3.8, 4) is 0 Å². The van der Waals surface area contributed by atoms with E-state index in [2.05, 4.69) is 123 Å². The van der Waals surface area contributed by atoms with Crippen molar-refractivity contribution in [1.82, 2.24) is 0 Å². The summed E-state index contributed by atoms with van der Waals surface area (Å²) in [6.45, 7) is 3.97. The van der Waals surface area contributed by atoms with Gasteiger partial charge in [0, 0.05) is 12.8 Å². The predicted octanol–water partition coefficient (Wildman–Crippen LogP) is 14.1. The predicted molar refractivity (Wildman–Crippen MR) is 268 cm³/mol. The van der Waals surface area contributed by atoms with E-state index in [9.17, 15) is 19.0 Å². The molecule has 64 heavy (non-hydrogen) atoms. The SMILES string of the molecule is CC/C=C\C/C=C\C/C=C\C/C=C\C/C=C\C/C=C\C/C=C\C/C=C\C/C=C\CCCCCCCCCC(=O)OC(COC(=O)CCCCCCC)COP(=O)([O-])OCC[N+](C)(C)C. The van der Waals surface area contributed by atoms with Crippen LogP contribution in [0.15, 0.2) is 109 Å². The second-order valence-electron chi connectivity index (χ2n) is 17.1. The van der Waals surface area contributed by atoms with Gasteiger partial charge in [-0.1, -0.05) is 181 Å². The molecule has 10 heteroatoms. The summed E-state index contributed by atoms with van der Waals surface area (Å²) in [5.74, 6) is -0.871. The first-order valence-corrected chi connectivity index (χ1v) is 26.1. The number of phosphoric ester groups is 1. The van der Waals surface area contributed by atoms with Gasteiger partial charge < -0.3 is 27.9 Å². The highest BCUT2D eigenvalue weighted by Crippen LogP contribution is 2.38. The zero-order valence-corrected chi connectivity index (χ0v) is 41.8. The zero-order chi connectivity index (χ0) is 47.1. The summed E-state index contributed by atoms with van der Waals surface area (Å²) in [5.41, 5.74) is 0. The molecule has 0 radical (unpaired) electrons. The summed E-state index contributed by atoms with van der Waals surface area (Å²) in [7, 11) is 1.14. The highest BCUT2D eigenvalue weighted by Gasteiger charge is 2.21. The Morgan fingerprint density at radius 1 is 0.500 bits per heavy atom. The second-order valence-corrected chi connectivity index (χ2v) is 18.5. The van der Waals surface area contributed by atoms with Crippen LogP contribution < -0.4 is 4.89 Å². The molecule has 0 aromatic heterocycles. The molecule has 0 bridgehead atoms. The van der Waals surface area contributed by atoms with Gasteiger partial charge in [0.1, 0.15) is 19.8 Å². The standard InChI is InChI=1S/C54H90NO8P/c1-6-8-10-12-13-14-15-16-17-18-19-20-21-22-23-24-25-26-27-28-29-30-31-32-33-34-35-36-37-38-39-40-41-43-45-47-54(57)63-52(50-60-53(56)46-44-42-11-9-7-2)51-62-64(58,59)61-49-48-55(3,4)5/h8,10,13-14,16-17,19-20,22-23,25-26,28-29,31-32,34-35,52H,6-7,9,11-12,15,18,21,24,27,30,33,36-51H2,1-5H3/b10-8-,14-13-,17-16-,20-19-,23-22-,26-25-,29-28-,32-31-,35-34-. The number of phosphoric acid groups is 1. The minimum absolute atomic E-state index is 0.0383. The molecular weight excluding hydrogens is 822 g/mol. The van der Waals surface area contributed by atoms with E-state index in [1.165, 1.54) is 19.3 Å². The third-order valence-electron chi connectivity index (χ3n) is 9.81. The van der Waals surface area contributed by atoms with E-state index in [-0.39, 0.29) is 26.1 Å². The fraction of sp³-hybridized carbons (Fsp3) is 0.630. The molecule has 0 aromatic rings. The van der Waals surface area contributed by atoms with Crippen LogP contribution in [0.5, 0.6) is 0 Å². The van der Waals surface area contributed by atoms with E-state index in [1.807, 2.05) is 21.1 Å². The monoisotopic (exact) mass is 912 g/mol. The molecule has 2 unspecified atom stereocenters. The van der Waals surface area contributed by atoms with Crippen LogP contribution >= 0.6 is 7.82 Å². The molecule has 0 N–H and O–H groups in total. The third kappa shape index (κ3) is 48.1. The lowest BCUT2D eigenvalue weighted by Gasteiger charge is -2.28. The number of nitrogens with zero attached hydrogens (tertiary/aromatic N) is 1. The molecule has 0 aliphatic rings. The normalized spacial score (nSPS) is 14.4. The van der Waals surface area contributed by atoms with Gasteiger partial charge in [0.15, 0.2) is 6.10 Å². The number of hydrogen-bond donors (Lipinski definition) is 0. The summed E-state index contributed by atoms with van der Waals surface area (Å²) in [6.07, 6.45) is 61.8. The van der Waals surface area contributed by atoms with Crippen molar-refractivity contribution in [3.63, 3.8) is 0 Å². The highest BCUT2D eigenvalue weighted by molar-refractivity contribution is 7.45. The van der Waals surface area contributed by atoms with Crippen molar-refractivity contribution < 1.29 is 42.1 Å². The van der Waals surface area contributed by atoms with Crippen molar-refractivity contribution in [1.29, 1.82) is 0 Å². The van der Waals surface area contributed by atoms with Gasteiger partial charge in [-0.05, 0) is 83.5 Å². The molecule has 0 amide bonds. The molecule has 0 aromatic carbocycles. The van der Waals surface area contributed by atoms with E-state index in [0.29, 0.717) is 17.4 Å². The number of esters is 2. The van der Waals surface area contributed by atoms with Crippen molar-refractivity contribution in [2.24, 2.45) is 0 Å². The Hall–Kier alpha value is -3.33. The maximum Gasteiger partial charge on any atom is 0.306 e. The summed E-state index contributed by atoms with van der Waals surface area (Å²) < 4.78 is 33.7. The number of likely N-dealkylation sites (N-methyl/N-ethyl adjacent to an activating group) is 1. The van der Waals surface area contributed by atoms with Gasteiger partial charge in [-0.3, -0.25) is 14.2 Å². The number of quaternary nitrogens is 1. The Labute approximate surface area is 391 Å². The fourth-order valence-electron chi connectivity index (χ4n) is 6.00. The zero-order valence-electron chi connectivity index (χ0n) is 40.9. The molecule has 0 spiro atoms. The van der Waals surface area contributed by atoms with E-state index in [1.54, 1.807) is 0 Å². The largest absolute Gasteiger partial charge is 0.756 e. The number of ether oxygens (including phenoxy) is 2. The molecule has 0 fully saturated rings. The number of rotatable bonds is 43. The third-order valence-corrected chi connectivity index (χ3v) is 10.8. The molecule has 2 atom stereocenters. The lowest BCUT2D eigenvalue weighted by atomic mass is 10.1. The fourth-order valence-corrected chi connectivity index (χ4v) is 6.73. The Balaban J connectivity index is 4.06. The average Bonchev–Trinajstić information content (AvgIpc) is 3.25. The smallest absolute Gasteiger partial charge is 0.306 e. The van der Waals surface area contributed by atoms with Crippen LogP contribution in [0.2, 0.25) is 0 Å². The summed E-state index contributed by atoms with van der Waals surface area (Å²) in [4.78, 5) is 37.2. The van der Waals surface area contributed by atoms with Crippen molar-refractivity contribution in [3.05, 3.63) is 109 Å². The summed E-state index contributed by atoms with van der Waals surface area (Å²) in [6, 6.07) is 0. The highest BCUT2D eigenvalue weighted by atomic mass is 31.2. The molecule has 0 saturated carbocycles. The first-order chi connectivity index (χ1) is 31.0. The van der Waals surface area contributed by atoms with Crippen molar-refractivity contribution in [2.45, 2.75) is 174 Å². The van der Waals surface area contributed by atoms with Crippen molar-refractivity contribution in [2.75, 3.05) is 47.5 Å². The lowest BCUT2D eigenvalue weighted by Crippen LogP contribution is -2.37. The van der Waals surface area contributed by atoms with Gasteiger partial charge in [-0.25, -0.2) is 0 Å². The maximum absolute atomic E-state index is 12.6. The molecule has 0 saturated heterocycles. The molecule has 0 heterocycles. The van der Waals surface area contributed by atoms with Crippen LogP contribution in [0.25, 0.3) is 0 Å². The number of allylic oxidation sites excluding steroid dienone is 18. The Morgan fingerprint density at radius 3 is 1.33 bits per heavy atom. The summed E-state index contributed by atoms with van der Waals surface area (Å²) >= 11 is 0. The van der Waals surface area contributed by atoms with Gasteiger partial charge in [0.2, 0.25) is 0 Å². The van der Waals surface area contributed by atoms with E-state index in [0.717, 1.165) is 116 Å². The van der Waals surface area contributed by atoms with E-state index < -0.39 is 32.5 Å². The van der Waals surface area contributed by atoms with Gasteiger partial charge in [-0.15, -0.1) is 0 Å². The minimum Gasteiger partial charge on any atom is -0.756 e. The quantitative estimate of drug-likeness (QED) is 0.0195. The van der Waals surface area contributed by atoms with Crippen LogP contribution in [-0.4, -0.2) is 70.0 Å². The van der Waals surface area contributed by atoms with Gasteiger partial charge in [0.25, 0.3) is 7.82 Å². The van der Waals surface area contributed by atoms with E-state index in [4.69, 9.17) is 18.5 Å². The van der Waals surface area contributed by atoms with Crippen LogP contribution in [0.1, 0.15) is 168 Å². The van der Waals surface area contributed by atoms with Crippen molar-refractivity contribution >= 4 is 19.8 Å². The number of hydrogen-bond acceptors (Lipinski definition) is 8. The first-order valence-electron chi connectivity index (χ1n) is 24.6. The molecule has 9 nitrogen and oxygen atoms in total. The first kappa shape index (κ1) is 60.7. The molecule has 0 aliphatic heterocycles. The number of unbranched alkanes of at least 4 members (excludes halogenated alkanes) is 11. The Bertz CT molecular complexity index is 1450. The van der Waals surface area contributed by atoms with Gasteiger partial charge in [-0.2, -0.15) is 0 Å². The van der Waals surface area contributed by atoms with Crippen LogP contribution in [0, 0.1) is 0 Å². The van der Waals surface area contributed by atoms with Crippen LogP contribution in [0.4, 0.5) is 0 Å². The van der Waals surface area contributed by atoms with Crippen LogP contribution in [-0.2, 0) is 32.7 Å². The number of carbonyl (C=O) groups excluding carboxylic acids is 2. The molecular formula is C54H90NO8P. The molecule has 364 valence electrons. The average molecular weight is 912 g/mol. The number of carbonyl (C=O) groups is 2. The van der Waals surface area contributed by atoms with Crippen LogP contribution in [0.3, 0.4) is 0 Å². The summed E-state index contributed by atoms with van der Waals surface area (Å²) in [5, 5.41) is 0. The topological polar surface area (TPSA) is 111 Å². The van der Waals surface area contributed by atoms with Gasteiger partial charge in [0.05, 0.1) is 27.7 Å². The van der Waals surface area contributed by atoms with E-state index >= 15 is 0 Å². The minimum atomic E-state index is -4.62. The lowest BCUT2D eigenvalue weighted by molar-refractivity contribution is -0.870. The van der Waals surface area contributed by atoms with Gasteiger partial charge >= 0.3 is 11.9 Å². The maximum atomic E-state index is 12.6. The Morgan fingerprint density at radius 2 is 0.891 bits per heavy atom.